The molecular formula is C42H44F3N7O5S. The van der Waals surface area contributed by atoms with Gasteiger partial charge in [0.25, 0.3) is 0 Å². The number of nitrogens with one attached hydrogen (secondary N) is 2. The SMILES string of the molecule is C#Cc1c(F)ccc2cc(OC(=O)CCCC[C@@H]3SC[C@@H]4NC(=O)N[C@@H]43)cc(-c3ncc4c(N5CCCOCC5)nc(OC[C@@]56CCCN5C[C@H](F)C6)nc4c3F)c12. The fourth-order valence-corrected chi connectivity index (χ4v) is 10.9. The molecule has 2 aromatic heterocycles. The van der Waals surface area contributed by atoms with Crippen LogP contribution < -0.4 is 25.0 Å². The van der Waals surface area contributed by atoms with Crippen molar-refractivity contribution < 1.29 is 37.0 Å². The number of amides is 2. The lowest BCUT2D eigenvalue weighted by Gasteiger charge is -2.31. The van der Waals surface area contributed by atoms with Crippen LogP contribution >= 0.6 is 11.8 Å². The number of anilines is 1. The quantitative estimate of drug-likeness (QED) is 0.0616. The van der Waals surface area contributed by atoms with E-state index in [1.54, 1.807) is 6.07 Å². The Morgan fingerprint density at radius 1 is 1.12 bits per heavy atom. The van der Waals surface area contributed by atoms with Crippen LogP contribution in [-0.2, 0) is 9.53 Å². The second-order valence-electron chi connectivity index (χ2n) is 15.8. The maximum atomic E-state index is 17.3. The van der Waals surface area contributed by atoms with Crippen LogP contribution in [0.3, 0.4) is 0 Å². The molecule has 304 valence electrons. The van der Waals surface area contributed by atoms with E-state index in [1.807, 2.05) is 16.7 Å². The Kier molecular flexibility index (Phi) is 10.7. The van der Waals surface area contributed by atoms with E-state index in [0.29, 0.717) is 62.3 Å². The van der Waals surface area contributed by atoms with Crippen LogP contribution in [0.1, 0.15) is 56.9 Å². The third-order valence-electron chi connectivity index (χ3n) is 12.1. The molecular weight excluding hydrogens is 772 g/mol. The summed E-state index contributed by atoms with van der Waals surface area (Å²) < 4.78 is 64.9. The van der Waals surface area contributed by atoms with E-state index in [2.05, 4.69) is 31.4 Å². The van der Waals surface area contributed by atoms with Gasteiger partial charge >= 0.3 is 18.0 Å². The van der Waals surface area contributed by atoms with E-state index in [9.17, 15) is 14.0 Å². The van der Waals surface area contributed by atoms with Gasteiger partial charge in [-0.15, -0.1) is 6.42 Å². The fraction of sp³-hybridized carbons (Fsp3) is 0.500. The second-order valence-corrected chi connectivity index (χ2v) is 17.1. The van der Waals surface area contributed by atoms with Gasteiger partial charge in [0, 0.05) is 67.2 Å². The number of unbranched alkanes of at least 4 members (excludes halogenated alkanes) is 1. The molecule has 7 heterocycles. The summed E-state index contributed by atoms with van der Waals surface area (Å²) >= 11 is 1.82. The number of fused-ring (bicyclic) bond motifs is 4. The van der Waals surface area contributed by atoms with Crippen molar-refractivity contribution in [1.29, 1.82) is 0 Å². The average Bonchev–Trinajstić information content (AvgIpc) is 3.90. The van der Waals surface area contributed by atoms with Crippen LogP contribution in [0.5, 0.6) is 11.8 Å². The first-order valence-corrected chi connectivity index (χ1v) is 21.1. The number of rotatable bonds is 11. The van der Waals surface area contributed by atoms with Crippen LogP contribution in [0.25, 0.3) is 32.9 Å². The zero-order chi connectivity index (χ0) is 40.0. The molecule has 0 aliphatic carbocycles. The highest BCUT2D eigenvalue weighted by atomic mass is 32.2. The number of alkyl halides is 1. The number of halogens is 3. The highest BCUT2D eigenvalue weighted by Crippen LogP contribution is 2.42. The summed E-state index contributed by atoms with van der Waals surface area (Å²) in [4.78, 5) is 43.0. The number of carbonyl (C=O) groups is 2. The normalized spacial score (nSPS) is 25.6. The molecule has 4 aromatic rings. The van der Waals surface area contributed by atoms with E-state index in [1.165, 1.54) is 24.4 Å². The summed E-state index contributed by atoms with van der Waals surface area (Å²) in [6.07, 6.45) is 11.5. The third-order valence-corrected chi connectivity index (χ3v) is 13.6. The molecule has 0 bridgehead atoms. The minimum atomic E-state index is -0.951. The largest absolute Gasteiger partial charge is 0.461 e. The number of terminal acetylenes is 1. The molecule has 2 N–H and O–H groups in total. The van der Waals surface area contributed by atoms with Crippen molar-refractivity contribution in [1.82, 2.24) is 30.5 Å². The first-order valence-electron chi connectivity index (χ1n) is 20.0. The molecule has 12 nitrogen and oxygen atoms in total. The maximum absolute atomic E-state index is 17.3. The number of thioether (sulfide) groups is 1. The third kappa shape index (κ3) is 7.37. The number of aromatic nitrogens is 3. The number of ether oxygens (including phenoxy) is 3. The van der Waals surface area contributed by atoms with Crippen molar-refractivity contribution in [2.45, 2.75) is 80.4 Å². The molecule has 5 saturated heterocycles. The number of urea groups is 1. The van der Waals surface area contributed by atoms with Crippen LogP contribution in [0.15, 0.2) is 30.5 Å². The van der Waals surface area contributed by atoms with E-state index < -0.39 is 29.3 Å². The molecule has 5 fully saturated rings. The predicted octanol–water partition coefficient (Wildman–Crippen LogP) is 5.92. The van der Waals surface area contributed by atoms with Gasteiger partial charge in [-0.05, 0) is 62.2 Å². The minimum Gasteiger partial charge on any atom is -0.461 e. The molecule has 0 radical (unpaired) electrons. The van der Waals surface area contributed by atoms with Gasteiger partial charge in [0.1, 0.15) is 41.4 Å². The highest BCUT2D eigenvalue weighted by Gasteiger charge is 2.49. The minimum absolute atomic E-state index is 0.0499. The van der Waals surface area contributed by atoms with Gasteiger partial charge in [-0.25, -0.2) is 18.0 Å². The predicted molar refractivity (Wildman–Crippen MR) is 214 cm³/mol. The number of pyridine rings is 1. The Balaban J connectivity index is 1.03. The van der Waals surface area contributed by atoms with Crippen LogP contribution in [0.4, 0.5) is 23.8 Å². The molecule has 5 atom stereocenters. The number of benzene rings is 2. The zero-order valence-electron chi connectivity index (χ0n) is 31.9. The monoisotopic (exact) mass is 815 g/mol. The smallest absolute Gasteiger partial charge is 0.319 e. The molecule has 9 rings (SSSR count). The van der Waals surface area contributed by atoms with Gasteiger partial charge in [-0.1, -0.05) is 18.4 Å². The maximum Gasteiger partial charge on any atom is 0.319 e. The Morgan fingerprint density at radius 3 is 2.90 bits per heavy atom. The Labute approximate surface area is 338 Å². The van der Waals surface area contributed by atoms with Gasteiger partial charge in [-0.2, -0.15) is 21.7 Å². The van der Waals surface area contributed by atoms with E-state index in [0.717, 1.165) is 44.4 Å². The molecule has 5 aliphatic rings. The zero-order valence-corrected chi connectivity index (χ0v) is 32.7. The molecule has 0 spiro atoms. The number of hydrogen-bond donors (Lipinski definition) is 2. The lowest BCUT2D eigenvalue weighted by atomic mass is 9.95. The number of esters is 1. The van der Waals surface area contributed by atoms with Gasteiger partial charge in [0.15, 0.2) is 5.82 Å². The van der Waals surface area contributed by atoms with Crippen molar-refractivity contribution >= 4 is 51.3 Å². The Bertz CT molecular complexity index is 2310. The first kappa shape index (κ1) is 38.7. The van der Waals surface area contributed by atoms with Crippen molar-refractivity contribution in [3.05, 3.63) is 47.7 Å². The van der Waals surface area contributed by atoms with E-state index >= 15 is 8.78 Å². The molecule has 0 unspecified atom stereocenters. The van der Waals surface area contributed by atoms with Crippen LogP contribution in [-0.4, -0.2) is 113 Å². The van der Waals surface area contributed by atoms with Crippen LogP contribution in [0.2, 0.25) is 0 Å². The summed E-state index contributed by atoms with van der Waals surface area (Å²) in [6, 6.07) is 5.78. The number of carbonyl (C=O) groups excluding carboxylic acids is 2. The molecule has 58 heavy (non-hydrogen) atoms. The van der Waals surface area contributed by atoms with Crippen molar-refractivity contribution in [2.24, 2.45) is 0 Å². The van der Waals surface area contributed by atoms with Crippen molar-refractivity contribution in [3.63, 3.8) is 0 Å². The summed E-state index contributed by atoms with van der Waals surface area (Å²) in [5, 5.41) is 7.20. The van der Waals surface area contributed by atoms with Gasteiger partial charge in [-0.3, -0.25) is 14.7 Å². The number of nitrogens with zero attached hydrogens (tertiary/aromatic N) is 5. The molecule has 0 saturated carbocycles. The molecule has 5 aliphatic heterocycles. The molecule has 16 heteroatoms. The Morgan fingerprint density at radius 2 is 2.02 bits per heavy atom. The average molecular weight is 816 g/mol. The lowest BCUT2D eigenvalue weighted by molar-refractivity contribution is -0.134. The molecule has 2 aromatic carbocycles. The van der Waals surface area contributed by atoms with Gasteiger partial charge in [0.05, 0.1) is 35.2 Å². The fourth-order valence-electron chi connectivity index (χ4n) is 9.36. The number of hydrogen-bond acceptors (Lipinski definition) is 11. The van der Waals surface area contributed by atoms with E-state index in [-0.39, 0.29) is 75.9 Å². The standard InChI is InChI=1S/C42H44F3N7O5S/c1-2-27-30(44)10-9-24-17-26(57-33(53)8-4-3-7-32-38-31(22-58-32)47-40(54)48-38)18-28(34(24)27)36-35(45)37-29(20-46-36)39(51-12-6-15-55-16-14-51)50-41(49-37)56-23-42-11-5-13-52(42)21-25(43)19-42/h1,9-10,17-18,20,25,31-32,38H,3-8,11-16,19,21-23H2,(H2,47,48,54)/t25-,31+,32+,38+,42+/m1/s1. The van der Waals surface area contributed by atoms with Crippen molar-refractivity contribution in [3.8, 4) is 35.4 Å². The van der Waals surface area contributed by atoms with Crippen molar-refractivity contribution in [2.75, 3.05) is 56.7 Å². The van der Waals surface area contributed by atoms with Gasteiger partial charge in [0.2, 0.25) is 0 Å². The first-order chi connectivity index (χ1) is 28.2. The second kappa shape index (κ2) is 16.1. The highest BCUT2D eigenvalue weighted by molar-refractivity contribution is 8.00. The summed E-state index contributed by atoms with van der Waals surface area (Å²) in [6.45, 7) is 3.40. The Hall–Kier alpha value is -4.85. The van der Waals surface area contributed by atoms with Crippen LogP contribution in [0, 0.1) is 24.0 Å². The molecule has 2 amide bonds. The lowest BCUT2D eigenvalue weighted by Crippen LogP contribution is -2.43. The summed E-state index contributed by atoms with van der Waals surface area (Å²) in [7, 11) is 0. The van der Waals surface area contributed by atoms with Gasteiger partial charge < -0.3 is 29.7 Å². The topological polar surface area (TPSA) is 131 Å². The van der Waals surface area contributed by atoms with E-state index in [4.69, 9.17) is 25.6 Å². The summed E-state index contributed by atoms with van der Waals surface area (Å²) in [5.41, 5.74) is -0.691. The summed E-state index contributed by atoms with van der Waals surface area (Å²) in [5.74, 6) is 1.85.